The predicted molar refractivity (Wildman–Crippen MR) is 87.9 cm³/mol. The van der Waals surface area contributed by atoms with E-state index in [1.54, 1.807) is 6.92 Å². The minimum absolute atomic E-state index is 0.161. The molecular weight excluding hydrogens is 372 g/mol. The Bertz CT molecular complexity index is 857. The molecule has 0 bridgehead atoms. The van der Waals surface area contributed by atoms with Crippen molar-refractivity contribution in [3.05, 3.63) is 46.4 Å². The number of nitrogens with zero attached hydrogens (tertiary/aromatic N) is 3. The Balaban J connectivity index is 2.15. The molecule has 1 aliphatic rings. The van der Waals surface area contributed by atoms with Crippen molar-refractivity contribution >= 4 is 11.5 Å². The molecule has 2 aromatic rings. The topological polar surface area (TPSA) is 29.0 Å². The highest BCUT2D eigenvalue weighted by molar-refractivity contribution is 5.71. The number of aromatic nitrogens is 2. The number of aryl methyl sites for hydroxylation is 2. The van der Waals surface area contributed by atoms with Gasteiger partial charge >= 0.3 is 12.4 Å². The molecule has 1 aliphatic heterocycles. The van der Waals surface area contributed by atoms with Crippen molar-refractivity contribution in [3.8, 4) is 0 Å². The number of hydrogen-bond acceptors (Lipinski definition) is 3. The predicted octanol–water partition coefficient (Wildman–Crippen LogP) is 5.47. The number of hydrogen-bond donors (Lipinski definition) is 0. The van der Waals surface area contributed by atoms with E-state index >= 15 is 0 Å². The number of anilines is 2. The van der Waals surface area contributed by atoms with Crippen LogP contribution in [0.3, 0.4) is 0 Å². The van der Waals surface area contributed by atoms with Crippen LogP contribution in [0.25, 0.3) is 0 Å². The normalized spacial score (nSPS) is 14.6. The first-order chi connectivity index (χ1) is 12.5. The van der Waals surface area contributed by atoms with Gasteiger partial charge in [0.15, 0.2) is 0 Å². The lowest BCUT2D eigenvalue weighted by atomic mass is 10.1. The standard InChI is InChI=1S/C18H17F6N3/c1-3-4-14-12-7-8-27(16(12)26-10(2)25-14)15-6-5-11(17(19,20)21)9-13(15)18(22,23)24/h5-6,9H,3-4,7-8H2,1-2H3. The fourth-order valence-corrected chi connectivity index (χ4v) is 3.30. The molecule has 1 aromatic heterocycles. The van der Waals surface area contributed by atoms with Crippen molar-refractivity contribution in [1.29, 1.82) is 0 Å². The van der Waals surface area contributed by atoms with Crippen molar-refractivity contribution in [2.45, 2.75) is 45.5 Å². The number of rotatable bonds is 3. The molecule has 0 saturated heterocycles. The van der Waals surface area contributed by atoms with Crippen LogP contribution in [0.1, 0.15) is 41.6 Å². The second-order valence-electron chi connectivity index (χ2n) is 6.40. The second kappa shape index (κ2) is 6.69. The van der Waals surface area contributed by atoms with E-state index in [-0.39, 0.29) is 18.3 Å². The Hall–Kier alpha value is -2.32. The first kappa shape index (κ1) is 19.4. The number of benzene rings is 1. The van der Waals surface area contributed by atoms with Gasteiger partial charge in [-0.3, -0.25) is 0 Å². The van der Waals surface area contributed by atoms with E-state index in [9.17, 15) is 26.3 Å². The summed E-state index contributed by atoms with van der Waals surface area (Å²) in [7, 11) is 0. The second-order valence-corrected chi connectivity index (χ2v) is 6.40. The zero-order valence-corrected chi connectivity index (χ0v) is 14.7. The van der Waals surface area contributed by atoms with Gasteiger partial charge in [0.1, 0.15) is 11.6 Å². The van der Waals surface area contributed by atoms with Gasteiger partial charge in [-0.05, 0) is 38.0 Å². The van der Waals surface area contributed by atoms with Crippen molar-refractivity contribution in [1.82, 2.24) is 9.97 Å². The van der Waals surface area contributed by atoms with Gasteiger partial charge in [0, 0.05) is 17.8 Å². The molecule has 0 saturated carbocycles. The van der Waals surface area contributed by atoms with Gasteiger partial charge < -0.3 is 4.90 Å². The summed E-state index contributed by atoms with van der Waals surface area (Å²) in [6, 6.07) is 1.70. The van der Waals surface area contributed by atoms with Crippen molar-refractivity contribution in [3.63, 3.8) is 0 Å². The molecule has 0 unspecified atom stereocenters. The van der Waals surface area contributed by atoms with Crippen molar-refractivity contribution in [2.75, 3.05) is 11.4 Å². The summed E-state index contributed by atoms with van der Waals surface area (Å²) in [5.74, 6) is 0.765. The minimum Gasteiger partial charge on any atom is -0.325 e. The lowest BCUT2D eigenvalue weighted by Crippen LogP contribution is -2.21. The highest BCUT2D eigenvalue weighted by atomic mass is 19.4. The molecule has 146 valence electrons. The van der Waals surface area contributed by atoms with Crippen LogP contribution in [0, 0.1) is 6.92 Å². The first-order valence-electron chi connectivity index (χ1n) is 8.44. The molecular formula is C18H17F6N3. The Kier molecular flexibility index (Phi) is 4.81. The van der Waals surface area contributed by atoms with Crippen LogP contribution >= 0.6 is 0 Å². The number of halogens is 6. The highest BCUT2D eigenvalue weighted by Crippen LogP contribution is 2.44. The molecule has 2 heterocycles. The fourth-order valence-electron chi connectivity index (χ4n) is 3.30. The summed E-state index contributed by atoms with van der Waals surface area (Å²) in [5.41, 5.74) is -1.43. The van der Waals surface area contributed by atoms with Crippen LogP contribution in [0.15, 0.2) is 18.2 Å². The molecule has 1 aromatic carbocycles. The average molecular weight is 389 g/mol. The molecule has 27 heavy (non-hydrogen) atoms. The van der Waals surface area contributed by atoms with E-state index in [1.165, 1.54) is 4.90 Å². The van der Waals surface area contributed by atoms with E-state index in [0.717, 1.165) is 23.7 Å². The van der Waals surface area contributed by atoms with E-state index in [2.05, 4.69) is 9.97 Å². The first-order valence-corrected chi connectivity index (χ1v) is 8.44. The van der Waals surface area contributed by atoms with Crippen LogP contribution in [0.4, 0.5) is 37.8 Å². The number of fused-ring (bicyclic) bond motifs is 1. The maximum atomic E-state index is 13.5. The highest BCUT2D eigenvalue weighted by Gasteiger charge is 2.40. The van der Waals surface area contributed by atoms with Crippen molar-refractivity contribution < 1.29 is 26.3 Å². The maximum absolute atomic E-state index is 13.5. The Morgan fingerprint density at radius 2 is 1.74 bits per heavy atom. The molecule has 0 spiro atoms. The molecule has 0 atom stereocenters. The quantitative estimate of drug-likeness (QED) is 0.652. The van der Waals surface area contributed by atoms with Gasteiger partial charge in [-0.25, -0.2) is 9.97 Å². The molecule has 0 N–H and O–H groups in total. The monoisotopic (exact) mass is 389 g/mol. The van der Waals surface area contributed by atoms with Crippen LogP contribution in [-0.2, 0) is 25.2 Å². The van der Waals surface area contributed by atoms with Crippen LogP contribution in [0.2, 0.25) is 0 Å². The molecule has 0 aliphatic carbocycles. The van der Waals surface area contributed by atoms with Crippen LogP contribution in [0.5, 0.6) is 0 Å². The molecule has 0 radical (unpaired) electrons. The summed E-state index contributed by atoms with van der Waals surface area (Å²) < 4.78 is 79.2. The average Bonchev–Trinajstić information content (AvgIpc) is 2.96. The summed E-state index contributed by atoms with van der Waals surface area (Å²) >= 11 is 0. The fraction of sp³-hybridized carbons (Fsp3) is 0.444. The summed E-state index contributed by atoms with van der Waals surface area (Å²) in [5, 5.41) is 0. The van der Waals surface area contributed by atoms with Gasteiger partial charge in [-0.2, -0.15) is 26.3 Å². The Labute approximate surface area is 152 Å². The molecule has 0 amide bonds. The minimum atomic E-state index is -4.92. The lowest BCUT2D eigenvalue weighted by molar-refractivity contribution is -0.142. The number of alkyl halides is 6. The Morgan fingerprint density at radius 1 is 1.04 bits per heavy atom. The van der Waals surface area contributed by atoms with E-state index in [4.69, 9.17) is 0 Å². The zero-order chi connectivity index (χ0) is 20.0. The largest absolute Gasteiger partial charge is 0.418 e. The van der Waals surface area contributed by atoms with Crippen molar-refractivity contribution in [2.24, 2.45) is 0 Å². The third-order valence-electron chi connectivity index (χ3n) is 4.43. The summed E-state index contributed by atoms with van der Waals surface area (Å²) in [6.07, 6.45) is -7.85. The van der Waals surface area contributed by atoms with Gasteiger partial charge in [0.05, 0.1) is 16.8 Å². The lowest BCUT2D eigenvalue weighted by Gasteiger charge is -2.24. The van der Waals surface area contributed by atoms with Gasteiger partial charge in [0.2, 0.25) is 0 Å². The molecule has 9 heteroatoms. The third kappa shape index (κ3) is 3.72. The molecule has 3 nitrogen and oxygen atoms in total. The SMILES string of the molecule is CCCc1nc(C)nc2c1CCN2c1ccc(C(F)(F)F)cc1C(F)(F)F. The van der Waals surface area contributed by atoms with Gasteiger partial charge in [-0.15, -0.1) is 0 Å². The van der Waals surface area contributed by atoms with Gasteiger partial charge in [-0.1, -0.05) is 13.3 Å². The maximum Gasteiger partial charge on any atom is 0.418 e. The molecule has 3 rings (SSSR count). The van der Waals surface area contributed by atoms with Gasteiger partial charge in [0.25, 0.3) is 0 Å². The van der Waals surface area contributed by atoms with E-state index in [1.807, 2.05) is 6.92 Å². The molecule has 0 fully saturated rings. The summed E-state index contributed by atoms with van der Waals surface area (Å²) in [6.45, 7) is 3.82. The van der Waals surface area contributed by atoms with Crippen LogP contribution in [-0.4, -0.2) is 16.5 Å². The smallest absolute Gasteiger partial charge is 0.325 e. The summed E-state index contributed by atoms with van der Waals surface area (Å²) in [4.78, 5) is 9.98. The van der Waals surface area contributed by atoms with E-state index < -0.39 is 23.5 Å². The van der Waals surface area contributed by atoms with Crippen LogP contribution < -0.4 is 4.90 Å². The van der Waals surface area contributed by atoms with E-state index in [0.29, 0.717) is 30.6 Å². The Morgan fingerprint density at radius 3 is 2.33 bits per heavy atom. The third-order valence-corrected chi connectivity index (χ3v) is 4.43. The zero-order valence-electron chi connectivity index (χ0n) is 14.7.